The Morgan fingerprint density at radius 3 is 1.04 bits per heavy atom. The third kappa shape index (κ3) is 57.5. The van der Waals surface area contributed by atoms with Crippen LogP contribution in [-0.4, -0.2) is 47.4 Å². The van der Waals surface area contributed by atoms with Crippen LogP contribution in [0.2, 0.25) is 0 Å². The molecule has 6 nitrogen and oxygen atoms in total. The number of hydrogen-bond acceptors (Lipinski definition) is 5. The molecule has 0 spiro atoms. The maximum Gasteiger partial charge on any atom is 0.305 e. The highest BCUT2D eigenvalue weighted by atomic mass is 16.5. The first kappa shape index (κ1) is 69.3. The fourth-order valence-corrected chi connectivity index (χ4v) is 10.0. The second kappa shape index (κ2) is 60.9. The monoisotopic (exact) mass is 1000 g/mol. The van der Waals surface area contributed by atoms with Crippen LogP contribution in [0.15, 0.2) is 24.3 Å². The lowest BCUT2D eigenvalue weighted by Crippen LogP contribution is -2.45. The van der Waals surface area contributed by atoms with Crippen molar-refractivity contribution in [2.24, 2.45) is 0 Å². The van der Waals surface area contributed by atoms with Crippen molar-refractivity contribution in [3.8, 4) is 0 Å². The number of aliphatic hydroxyl groups excluding tert-OH is 2. The van der Waals surface area contributed by atoms with Crippen LogP contribution in [0, 0.1) is 0 Å². The Kier molecular flexibility index (Phi) is 59.5. The highest BCUT2D eigenvalue weighted by molar-refractivity contribution is 5.76. The van der Waals surface area contributed by atoms with E-state index in [0.29, 0.717) is 25.9 Å². The molecular formula is C65H125NO5. The molecular weight excluding hydrogens is 875 g/mol. The first-order valence-electron chi connectivity index (χ1n) is 32.1. The predicted octanol–water partition coefficient (Wildman–Crippen LogP) is 20.2. The van der Waals surface area contributed by atoms with Gasteiger partial charge in [-0.3, -0.25) is 9.59 Å². The van der Waals surface area contributed by atoms with Gasteiger partial charge in [-0.15, -0.1) is 0 Å². The predicted molar refractivity (Wildman–Crippen MR) is 310 cm³/mol. The highest BCUT2D eigenvalue weighted by Crippen LogP contribution is 2.18. The largest absolute Gasteiger partial charge is 0.466 e. The minimum Gasteiger partial charge on any atom is -0.466 e. The Balaban J connectivity index is 3.34. The minimum atomic E-state index is -0.661. The molecule has 2 unspecified atom stereocenters. The summed E-state index contributed by atoms with van der Waals surface area (Å²) in [5, 5.41) is 23.2. The molecule has 71 heavy (non-hydrogen) atoms. The molecule has 3 N–H and O–H groups in total. The fourth-order valence-electron chi connectivity index (χ4n) is 10.0. The third-order valence-electron chi connectivity index (χ3n) is 15.0. The van der Waals surface area contributed by atoms with E-state index in [0.717, 1.165) is 44.9 Å². The number of carbonyl (C=O) groups excluding carboxylic acids is 2. The standard InChI is InChI=1S/C65H125NO5/c1-3-5-7-9-11-13-15-38-41-45-49-53-57-63(68)62(61-67)66-64(69)58-54-50-46-42-39-35-33-31-29-27-25-23-21-19-17-16-18-20-22-24-26-28-30-32-34-36-40-44-48-52-56-60-71-65(70)59-55-51-47-43-37-14-12-10-8-6-4-2/h10,12,18,20,62-63,67-68H,3-9,11,13-17,19,21-61H2,1-2H3,(H,66,69)/b12-10-,20-18-. The van der Waals surface area contributed by atoms with Gasteiger partial charge in [-0.25, -0.2) is 0 Å². The molecule has 0 aliphatic carbocycles. The normalized spacial score (nSPS) is 12.7. The average molecular weight is 1000 g/mol. The van der Waals surface area contributed by atoms with Gasteiger partial charge in [0, 0.05) is 12.8 Å². The summed E-state index contributed by atoms with van der Waals surface area (Å²) in [6, 6.07) is -0.538. The van der Waals surface area contributed by atoms with Crippen LogP contribution in [0.4, 0.5) is 0 Å². The van der Waals surface area contributed by atoms with E-state index in [1.54, 1.807) is 0 Å². The van der Waals surface area contributed by atoms with Crippen molar-refractivity contribution < 1.29 is 24.5 Å². The zero-order valence-corrected chi connectivity index (χ0v) is 48.0. The average Bonchev–Trinajstić information content (AvgIpc) is 3.37. The molecule has 0 fully saturated rings. The van der Waals surface area contributed by atoms with Crippen LogP contribution in [0.25, 0.3) is 0 Å². The van der Waals surface area contributed by atoms with Gasteiger partial charge in [0.25, 0.3) is 0 Å². The van der Waals surface area contributed by atoms with Gasteiger partial charge in [0.2, 0.25) is 5.91 Å². The number of aliphatic hydroxyl groups is 2. The fraction of sp³-hybridized carbons (Fsp3) is 0.908. The molecule has 0 aliphatic rings. The Morgan fingerprint density at radius 2 is 0.676 bits per heavy atom. The number of allylic oxidation sites excluding steroid dienone is 4. The molecule has 0 bridgehead atoms. The van der Waals surface area contributed by atoms with Crippen molar-refractivity contribution >= 4 is 11.9 Å². The quantitative estimate of drug-likeness (QED) is 0.0320. The van der Waals surface area contributed by atoms with Crippen LogP contribution in [0.3, 0.4) is 0 Å². The zero-order chi connectivity index (χ0) is 51.4. The van der Waals surface area contributed by atoms with Gasteiger partial charge in [0.05, 0.1) is 25.4 Å². The molecule has 0 rings (SSSR count). The summed E-state index contributed by atoms with van der Waals surface area (Å²) in [4.78, 5) is 24.5. The number of carbonyl (C=O) groups is 2. The molecule has 6 heteroatoms. The molecule has 0 saturated heterocycles. The number of amides is 1. The van der Waals surface area contributed by atoms with E-state index in [2.05, 4.69) is 43.5 Å². The summed E-state index contributed by atoms with van der Waals surface area (Å²) >= 11 is 0. The first-order valence-corrected chi connectivity index (χ1v) is 32.1. The van der Waals surface area contributed by atoms with Crippen molar-refractivity contribution in [1.82, 2.24) is 5.32 Å². The molecule has 0 aromatic heterocycles. The van der Waals surface area contributed by atoms with E-state index in [4.69, 9.17) is 4.74 Å². The van der Waals surface area contributed by atoms with Crippen molar-refractivity contribution in [2.45, 2.75) is 366 Å². The lowest BCUT2D eigenvalue weighted by Gasteiger charge is -2.22. The molecule has 0 aliphatic heterocycles. The lowest BCUT2D eigenvalue weighted by molar-refractivity contribution is -0.143. The van der Waals surface area contributed by atoms with Crippen molar-refractivity contribution in [3.05, 3.63) is 24.3 Å². The number of esters is 1. The van der Waals surface area contributed by atoms with E-state index in [1.807, 2.05) is 0 Å². The molecule has 2 atom stereocenters. The van der Waals surface area contributed by atoms with Crippen LogP contribution in [0.1, 0.15) is 354 Å². The number of nitrogens with one attached hydrogen (secondary N) is 1. The number of hydrogen-bond donors (Lipinski definition) is 3. The zero-order valence-electron chi connectivity index (χ0n) is 48.0. The number of rotatable bonds is 60. The molecule has 0 aromatic rings. The Morgan fingerprint density at radius 1 is 0.380 bits per heavy atom. The van der Waals surface area contributed by atoms with Crippen LogP contribution in [0.5, 0.6) is 0 Å². The van der Waals surface area contributed by atoms with Crippen molar-refractivity contribution in [2.75, 3.05) is 13.2 Å². The summed E-state index contributed by atoms with van der Waals surface area (Å²) in [5.41, 5.74) is 0. The Bertz CT molecular complexity index is 1110. The summed E-state index contributed by atoms with van der Waals surface area (Å²) in [7, 11) is 0. The smallest absolute Gasteiger partial charge is 0.305 e. The minimum absolute atomic E-state index is 0.00669. The summed E-state index contributed by atoms with van der Waals surface area (Å²) in [6.45, 7) is 4.93. The van der Waals surface area contributed by atoms with E-state index in [-0.39, 0.29) is 18.5 Å². The third-order valence-corrected chi connectivity index (χ3v) is 15.0. The van der Waals surface area contributed by atoms with Crippen molar-refractivity contribution in [3.63, 3.8) is 0 Å². The van der Waals surface area contributed by atoms with E-state index >= 15 is 0 Å². The van der Waals surface area contributed by atoms with Gasteiger partial charge in [0.15, 0.2) is 0 Å². The first-order chi connectivity index (χ1) is 35.0. The maximum absolute atomic E-state index is 12.5. The summed E-state index contributed by atoms with van der Waals surface area (Å²) in [5.74, 6) is -0.0252. The Labute approximate surface area is 443 Å². The molecule has 0 radical (unpaired) electrons. The molecule has 0 saturated carbocycles. The number of unbranched alkanes of at least 4 members (excludes halogenated alkanes) is 45. The second-order valence-electron chi connectivity index (χ2n) is 22.1. The van der Waals surface area contributed by atoms with Crippen molar-refractivity contribution in [1.29, 1.82) is 0 Å². The van der Waals surface area contributed by atoms with Gasteiger partial charge in [-0.05, 0) is 70.6 Å². The molecule has 1 amide bonds. The summed E-state index contributed by atoms with van der Waals surface area (Å²) in [6.07, 6.45) is 75.0. The van der Waals surface area contributed by atoms with Gasteiger partial charge < -0.3 is 20.3 Å². The van der Waals surface area contributed by atoms with E-state index in [1.165, 1.54) is 276 Å². The molecule has 0 heterocycles. The van der Waals surface area contributed by atoms with Crippen LogP contribution in [-0.2, 0) is 14.3 Å². The van der Waals surface area contributed by atoms with Crippen LogP contribution >= 0.6 is 0 Å². The van der Waals surface area contributed by atoms with Gasteiger partial charge in [-0.2, -0.15) is 0 Å². The van der Waals surface area contributed by atoms with Gasteiger partial charge in [0.1, 0.15) is 0 Å². The van der Waals surface area contributed by atoms with E-state index in [9.17, 15) is 19.8 Å². The summed E-state index contributed by atoms with van der Waals surface area (Å²) < 4.78 is 5.46. The maximum atomic E-state index is 12.5. The van der Waals surface area contributed by atoms with Gasteiger partial charge in [-0.1, -0.05) is 295 Å². The molecule has 0 aromatic carbocycles. The number of ether oxygens (including phenoxy) is 1. The van der Waals surface area contributed by atoms with E-state index < -0.39 is 12.1 Å². The Hall–Kier alpha value is -1.66. The van der Waals surface area contributed by atoms with Crippen LogP contribution < -0.4 is 5.32 Å². The molecule has 420 valence electrons. The van der Waals surface area contributed by atoms with Gasteiger partial charge >= 0.3 is 5.97 Å². The topological polar surface area (TPSA) is 95.9 Å². The lowest BCUT2D eigenvalue weighted by atomic mass is 10.0. The second-order valence-corrected chi connectivity index (χ2v) is 22.1. The SMILES string of the molecule is CCCC/C=C\CCCCCCCC(=O)OCCCCCCCCCCCCCC/C=C\CCCCCCCCCCCCCCCCCC(=O)NC(CO)C(O)CCCCCCCCCCCCCC. The highest BCUT2D eigenvalue weighted by Gasteiger charge is 2.20.